The lowest BCUT2D eigenvalue weighted by Gasteiger charge is -1.99. The summed E-state index contributed by atoms with van der Waals surface area (Å²) in [5.41, 5.74) is -0.107. The number of hydrogen-bond acceptors (Lipinski definition) is 2. The van der Waals surface area contributed by atoms with Crippen molar-refractivity contribution < 1.29 is 4.79 Å². The third-order valence-electron chi connectivity index (χ3n) is 2.93. The first-order valence-electron chi connectivity index (χ1n) is 4.79. The molecule has 70 valence electrons. The molecule has 1 aromatic heterocycles. The molecular formula is C12H10OS. The van der Waals surface area contributed by atoms with Gasteiger partial charge in [-0.1, -0.05) is 18.2 Å². The first-order valence-corrected chi connectivity index (χ1v) is 5.61. The summed E-state index contributed by atoms with van der Waals surface area (Å²) in [6.07, 6.45) is 3.18. The van der Waals surface area contributed by atoms with Gasteiger partial charge >= 0.3 is 0 Å². The molecular weight excluding hydrogens is 192 g/mol. The first kappa shape index (κ1) is 8.18. The minimum atomic E-state index is -0.107. The molecule has 0 spiro atoms. The Labute approximate surface area is 86.4 Å². The van der Waals surface area contributed by atoms with E-state index in [9.17, 15) is 4.79 Å². The molecule has 1 aromatic carbocycles. The summed E-state index contributed by atoms with van der Waals surface area (Å²) < 4.78 is 1.29. The molecule has 1 aliphatic rings. The Kier molecular flexibility index (Phi) is 1.56. The van der Waals surface area contributed by atoms with Crippen molar-refractivity contribution in [3.05, 3.63) is 35.2 Å². The van der Waals surface area contributed by atoms with Crippen molar-refractivity contribution in [1.82, 2.24) is 0 Å². The molecule has 2 heteroatoms. The fourth-order valence-electron chi connectivity index (χ4n) is 1.78. The summed E-state index contributed by atoms with van der Waals surface area (Å²) >= 11 is 1.76. The molecule has 1 saturated carbocycles. The first-order chi connectivity index (χ1) is 6.84. The van der Waals surface area contributed by atoms with E-state index < -0.39 is 0 Å². The SMILES string of the molecule is O=CC1(c2cc3ccccc3s2)CC1. The van der Waals surface area contributed by atoms with Gasteiger partial charge in [-0.15, -0.1) is 11.3 Å². The quantitative estimate of drug-likeness (QED) is 0.684. The van der Waals surface area contributed by atoms with Crippen molar-refractivity contribution in [2.75, 3.05) is 0 Å². The predicted molar refractivity (Wildman–Crippen MR) is 58.8 cm³/mol. The largest absolute Gasteiger partial charge is 0.302 e. The van der Waals surface area contributed by atoms with E-state index in [4.69, 9.17) is 0 Å². The van der Waals surface area contributed by atoms with Crippen LogP contribution >= 0.6 is 11.3 Å². The molecule has 3 rings (SSSR count). The lowest BCUT2D eigenvalue weighted by Crippen LogP contribution is -2.04. The zero-order valence-corrected chi connectivity index (χ0v) is 8.51. The van der Waals surface area contributed by atoms with Crippen LogP contribution in [0, 0.1) is 0 Å². The Morgan fingerprint density at radius 3 is 2.71 bits per heavy atom. The monoisotopic (exact) mass is 202 g/mol. The highest BCUT2D eigenvalue weighted by molar-refractivity contribution is 7.19. The van der Waals surface area contributed by atoms with Gasteiger partial charge in [0, 0.05) is 9.58 Å². The summed E-state index contributed by atoms with van der Waals surface area (Å²) in [6, 6.07) is 10.5. The Morgan fingerprint density at radius 2 is 2.07 bits per heavy atom. The van der Waals surface area contributed by atoms with Crippen LogP contribution in [0.25, 0.3) is 10.1 Å². The molecule has 1 nitrogen and oxygen atoms in total. The topological polar surface area (TPSA) is 17.1 Å². The maximum atomic E-state index is 11.0. The van der Waals surface area contributed by atoms with Crippen LogP contribution in [0.2, 0.25) is 0 Å². The number of hydrogen-bond donors (Lipinski definition) is 0. The molecule has 14 heavy (non-hydrogen) atoms. The van der Waals surface area contributed by atoms with Gasteiger partial charge in [0.25, 0.3) is 0 Å². The number of fused-ring (bicyclic) bond motifs is 1. The van der Waals surface area contributed by atoms with Gasteiger partial charge in [0.1, 0.15) is 6.29 Å². The van der Waals surface area contributed by atoms with Gasteiger partial charge in [0.2, 0.25) is 0 Å². The average molecular weight is 202 g/mol. The molecule has 0 atom stereocenters. The van der Waals surface area contributed by atoms with Gasteiger partial charge in [-0.05, 0) is 30.4 Å². The summed E-state index contributed by atoms with van der Waals surface area (Å²) in [7, 11) is 0. The van der Waals surface area contributed by atoms with E-state index in [1.807, 2.05) is 12.1 Å². The lowest BCUT2D eigenvalue weighted by molar-refractivity contribution is -0.109. The van der Waals surface area contributed by atoms with E-state index in [1.54, 1.807) is 11.3 Å². The molecule has 0 radical (unpaired) electrons. The fraction of sp³-hybridized carbons (Fsp3) is 0.250. The Hall–Kier alpha value is -1.15. The highest BCUT2D eigenvalue weighted by Crippen LogP contribution is 2.49. The van der Waals surface area contributed by atoms with E-state index in [0.717, 1.165) is 19.1 Å². The summed E-state index contributed by atoms with van der Waals surface area (Å²) in [4.78, 5) is 12.2. The molecule has 0 aliphatic heterocycles. The molecule has 0 saturated heterocycles. The van der Waals surface area contributed by atoms with Crippen molar-refractivity contribution in [3.63, 3.8) is 0 Å². The maximum Gasteiger partial charge on any atom is 0.131 e. The highest BCUT2D eigenvalue weighted by atomic mass is 32.1. The summed E-state index contributed by atoms with van der Waals surface area (Å²) in [5.74, 6) is 0. The zero-order chi connectivity index (χ0) is 9.60. The van der Waals surface area contributed by atoms with Crippen LogP contribution in [0.5, 0.6) is 0 Å². The second-order valence-electron chi connectivity index (χ2n) is 3.92. The second kappa shape index (κ2) is 2.67. The average Bonchev–Trinajstić information content (AvgIpc) is 2.91. The summed E-state index contributed by atoms with van der Waals surface area (Å²) in [5, 5.41) is 1.26. The standard InChI is InChI=1S/C12H10OS/c13-8-12(5-6-12)11-7-9-3-1-2-4-10(9)14-11/h1-4,7-8H,5-6H2. The molecule has 2 aromatic rings. The normalized spacial score (nSPS) is 18.3. The molecule has 0 bridgehead atoms. The van der Waals surface area contributed by atoms with E-state index in [1.165, 1.54) is 15.0 Å². The van der Waals surface area contributed by atoms with Gasteiger partial charge < -0.3 is 4.79 Å². The van der Waals surface area contributed by atoms with E-state index in [0.29, 0.717) is 0 Å². The molecule has 0 N–H and O–H groups in total. The number of carbonyl (C=O) groups excluding carboxylic acids is 1. The minimum Gasteiger partial charge on any atom is -0.302 e. The van der Waals surface area contributed by atoms with Crippen LogP contribution in [0.4, 0.5) is 0 Å². The van der Waals surface area contributed by atoms with E-state index in [-0.39, 0.29) is 5.41 Å². The Bertz CT molecular complexity index is 461. The predicted octanol–water partition coefficient (Wildman–Crippen LogP) is 3.13. The fourth-order valence-corrected chi connectivity index (χ4v) is 3.05. The lowest BCUT2D eigenvalue weighted by atomic mass is 10.1. The van der Waals surface area contributed by atoms with Gasteiger partial charge in [-0.25, -0.2) is 0 Å². The molecule has 1 fully saturated rings. The number of benzene rings is 1. The number of carbonyl (C=O) groups is 1. The molecule has 1 aliphatic carbocycles. The van der Waals surface area contributed by atoms with Crippen LogP contribution in [-0.4, -0.2) is 6.29 Å². The van der Waals surface area contributed by atoms with Crippen LogP contribution in [0.15, 0.2) is 30.3 Å². The Balaban J connectivity index is 2.19. The Morgan fingerprint density at radius 1 is 1.29 bits per heavy atom. The van der Waals surface area contributed by atoms with Crippen molar-refractivity contribution in [1.29, 1.82) is 0 Å². The van der Waals surface area contributed by atoms with Crippen molar-refractivity contribution in [3.8, 4) is 0 Å². The number of aldehydes is 1. The third kappa shape index (κ3) is 1.04. The van der Waals surface area contributed by atoms with Crippen LogP contribution < -0.4 is 0 Å². The smallest absolute Gasteiger partial charge is 0.131 e. The number of rotatable bonds is 2. The van der Waals surface area contributed by atoms with Crippen molar-refractivity contribution in [2.45, 2.75) is 18.3 Å². The highest BCUT2D eigenvalue weighted by Gasteiger charge is 2.45. The van der Waals surface area contributed by atoms with Gasteiger partial charge in [0.05, 0.1) is 5.41 Å². The van der Waals surface area contributed by atoms with Crippen LogP contribution in [0.1, 0.15) is 17.7 Å². The van der Waals surface area contributed by atoms with Gasteiger partial charge in [-0.2, -0.15) is 0 Å². The van der Waals surface area contributed by atoms with Crippen LogP contribution in [0.3, 0.4) is 0 Å². The van der Waals surface area contributed by atoms with E-state index in [2.05, 4.69) is 18.2 Å². The maximum absolute atomic E-state index is 11.0. The van der Waals surface area contributed by atoms with Crippen LogP contribution in [-0.2, 0) is 10.2 Å². The third-order valence-corrected chi connectivity index (χ3v) is 4.27. The number of thiophene rings is 1. The second-order valence-corrected chi connectivity index (χ2v) is 5.01. The molecule has 0 amide bonds. The zero-order valence-electron chi connectivity index (χ0n) is 7.69. The van der Waals surface area contributed by atoms with Crippen molar-refractivity contribution in [2.24, 2.45) is 0 Å². The van der Waals surface area contributed by atoms with Gasteiger partial charge in [0.15, 0.2) is 0 Å². The summed E-state index contributed by atoms with van der Waals surface area (Å²) in [6.45, 7) is 0. The van der Waals surface area contributed by atoms with E-state index >= 15 is 0 Å². The van der Waals surface area contributed by atoms with Gasteiger partial charge in [-0.3, -0.25) is 0 Å². The van der Waals surface area contributed by atoms with Crippen molar-refractivity contribution >= 4 is 27.7 Å². The molecule has 1 heterocycles. The molecule has 0 unspecified atom stereocenters. The minimum absolute atomic E-state index is 0.107.